The van der Waals surface area contributed by atoms with Crippen LogP contribution in [0.3, 0.4) is 0 Å². The summed E-state index contributed by atoms with van der Waals surface area (Å²) >= 11 is 5.94. The van der Waals surface area contributed by atoms with Crippen LogP contribution < -0.4 is 16.0 Å². The molecule has 2 amide bonds. The number of halogens is 1. The van der Waals surface area contributed by atoms with E-state index in [2.05, 4.69) is 32.1 Å². The maximum Gasteiger partial charge on any atom is 0.407 e. The lowest BCUT2D eigenvalue weighted by atomic mass is 9.93. The van der Waals surface area contributed by atoms with Crippen molar-refractivity contribution in [2.24, 2.45) is 11.7 Å². The van der Waals surface area contributed by atoms with Crippen LogP contribution in [0.25, 0.3) is 11.1 Å². The monoisotopic (exact) mass is 416 g/mol. The first-order valence-electron chi connectivity index (χ1n) is 9.67. The Balaban J connectivity index is 1.41. The van der Waals surface area contributed by atoms with E-state index in [1.165, 1.54) is 0 Å². The zero-order valence-corrected chi connectivity index (χ0v) is 16.9. The number of amides is 2. The topological polar surface area (TPSA) is 97.6 Å². The number of pyridine rings is 1. The summed E-state index contributed by atoms with van der Waals surface area (Å²) in [5, 5.41) is 3.37. The van der Waals surface area contributed by atoms with E-state index in [0.717, 1.165) is 54.3 Å². The van der Waals surface area contributed by atoms with Crippen LogP contribution in [0, 0.1) is 5.92 Å². The summed E-state index contributed by atoms with van der Waals surface area (Å²) in [6.07, 6.45) is 4.25. The highest BCUT2D eigenvalue weighted by molar-refractivity contribution is 6.30. The number of hydrogen-bond donors (Lipinski definition) is 2. The maximum absolute atomic E-state index is 11.4. The van der Waals surface area contributed by atoms with E-state index in [1.54, 1.807) is 0 Å². The minimum absolute atomic E-state index is 0.395. The highest BCUT2D eigenvalue weighted by atomic mass is 35.5. The van der Waals surface area contributed by atoms with E-state index < -0.39 is 18.6 Å². The molecule has 29 heavy (non-hydrogen) atoms. The molecule has 0 atom stereocenters. The molecule has 3 N–H and O–H groups in total. The number of primary amides is 1. The first kappa shape index (κ1) is 20.9. The largest absolute Gasteiger partial charge is 0.439 e. The number of nitrogens with two attached hydrogens (primary N) is 1. The van der Waals surface area contributed by atoms with Gasteiger partial charge in [-0.05, 0) is 55.0 Å². The predicted octanol–water partition coefficient (Wildman–Crippen LogP) is 3.22. The molecule has 1 fully saturated rings. The molecule has 1 saturated heterocycles. The minimum Gasteiger partial charge on any atom is -0.439 e. The number of carbonyl (C=O) groups excluding carboxylic acids is 2. The molecule has 154 valence electrons. The van der Waals surface area contributed by atoms with E-state index in [9.17, 15) is 9.59 Å². The van der Waals surface area contributed by atoms with Crippen molar-refractivity contribution in [1.82, 2.24) is 10.3 Å². The summed E-state index contributed by atoms with van der Waals surface area (Å²) in [5.74, 6) is 0.854. The van der Waals surface area contributed by atoms with Gasteiger partial charge in [-0.15, -0.1) is 0 Å². The molecular weight excluding hydrogens is 392 g/mol. The molecule has 0 unspecified atom stereocenters. The lowest BCUT2D eigenvalue weighted by Gasteiger charge is -2.32. The third-order valence-corrected chi connectivity index (χ3v) is 5.28. The summed E-state index contributed by atoms with van der Waals surface area (Å²) in [6, 6.07) is 11.9. The second kappa shape index (κ2) is 10.1. The highest BCUT2D eigenvalue weighted by Crippen LogP contribution is 2.26. The van der Waals surface area contributed by atoms with E-state index >= 15 is 0 Å². The molecule has 2 heterocycles. The van der Waals surface area contributed by atoms with Gasteiger partial charge in [-0.25, -0.2) is 9.78 Å². The molecule has 1 aliphatic rings. The average molecular weight is 417 g/mol. The molecule has 7 nitrogen and oxygen atoms in total. The van der Waals surface area contributed by atoms with Crippen LogP contribution in [-0.2, 0) is 9.53 Å². The van der Waals surface area contributed by atoms with Gasteiger partial charge in [-0.2, -0.15) is 0 Å². The van der Waals surface area contributed by atoms with Crippen molar-refractivity contribution in [2.45, 2.75) is 19.3 Å². The van der Waals surface area contributed by atoms with Crippen molar-refractivity contribution in [1.29, 1.82) is 0 Å². The Morgan fingerprint density at radius 3 is 2.45 bits per heavy atom. The van der Waals surface area contributed by atoms with E-state index in [1.807, 2.05) is 30.5 Å². The molecule has 8 heteroatoms. The van der Waals surface area contributed by atoms with Crippen LogP contribution in [0.2, 0.25) is 5.02 Å². The third-order valence-electron chi connectivity index (χ3n) is 5.03. The van der Waals surface area contributed by atoms with Gasteiger partial charge in [0.25, 0.3) is 5.91 Å². The number of alkyl carbamates (subject to hydrolysis) is 1. The first-order chi connectivity index (χ1) is 14.0. The number of benzene rings is 1. The zero-order chi connectivity index (χ0) is 20.6. The van der Waals surface area contributed by atoms with Gasteiger partial charge >= 0.3 is 6.09 Å². The molecule has 1 aromatic carbocycles. The van der Waals surface area contributed by atoms with Crippen LogP contribution in [0.5, 0.6) is 0 Å². The molecule has 1 aliphatic heterocycles. The number of carbonyl (C=O) groups is 2. The van der Waals surface area contributed by atoms with Crippen molar-refractivity contribution in [3.8, 4) is 11.1 Å². The van der Waals surface area contributed by atoms with E-state index in [-0.39, 0.29) is 0 Å². The maximum atomic E-state index is 11.4. The Labute approximate surface area is 175 Å². The number of piperidine rings is 1. The van der Waals surface area contributed by atoms with Crippen molar-refractivity contribution < 1.29 is 14.3 Å². The van der Waals surface area contributed by atoms with Crippen LogP contribution >= 0.6 is 11.6 Å². The number of nitrogens with one attached hydrogen (secondary N) is 1. The molecule has 1 aromatic heterocycles. The fourth-order valence-electron chi connectivity index (χ4n) is 3.40. The summed E-state index contributed by atoms with van der Waals surface area (Å²) in [6.45, 7) is 2.00. The van der Waals surface area contributed by atoms with Crippen molar-refractivity contribution in [2.75, 3.05) is 31.1 Å². The normalized spacial score (nSPS) is 14.4. The highest BCUT2D eigenvalue weighted by Gasteiger charge is 2.20. The Kier molecular flexibility index (Phi) is 7.30. The Morgan fingerprint density at radius 2 is 1.83 bits per heavy atom. The van der Waals surface area contributed by atoms with Gasteiger partial charge in [-0.1, -0.05) is 23.7 Å². The number of ether oxygens (including phenoxy) is 1. The molecule has 0 spiro atoms. The summed E-state index contributed by atoms with van der Waals surface area (Å²) in [5.41, 5.74) is 7.09. The summed E-state index contributed by atoms with van der Waals surface area (Å²) in [4.78, 5) is 28.9. The number of rotatable bonds is 7. The van der Waals surface area contributed by atoms with Gasteiger partial charge in [-0.3, -0.25) is 4.79 Å². The second-order valence-electron chi connectivity index (χ2n) is 7.10. The van der Waals surface area contributed by atoms with Gasteiger partial charge in [0.2, 0.25) is 0 Å². The Hall–Kier alpha value is -2.80. The summed E-state index contributed by atoms with van der Waals surface area (Å²) in [7, 11) is 0. The lowest BCUT2D eigenvalue weighted by molar-refractivity contribution is -0.120. The smallest absolute Gasteiger partial charge is 0.407 e. The first-order valence-corrected chi connectivity index (χ1v) is 10.0. The van der Waals surface area contributed by atoms with Gasteiger partial charge < -0.3 is 20.7 Å². The SMILES string of the molecule is NC(=O)COC(=O)NCCC1CCN(c2ccc(-c3ccc(Cl)cc3)cn2)CC1. The molecule has 0 saturated carbocycles. The third kappa shape index (κ3) is 6.35. The summed E-state index contributed by atoms with van der Waals surface area (Å²) < 4.78 is 4.67. The van der Waals surface area contributed by atoms with Crippen LogP contribution in [0.4, 0.5) is 10.6 Å². The minimum atomic E-state index is -0.665. The quantitative estimate of drug-likeness (QED) is 0.722. The Morgan fingerprint density at radius 1 is 1.14 bits per heavy atom. The van der Waals surface area contributed by atoms with Crippen molar-refractivity contribution >= 4 is 29.4 Å². The van der Waals surface area contributed by atoms with E-state index in [4.69, 9.17) is 17.3 Å². The van der Waals surface area contributed by atoms with Crippen LogP contribution in [-0.4, -0.2) is 43.2 Å². The van der Waals surface area contributed by atoms with Crippen molar-refractivity contribution in [3.05, 3.63) is 47.6 Å². The molecule has 0 aliphatic carbocycles. The Bertz CT molecular complexity index is 819. The number of hydrogen-bond acceptors (Lipinski definition) is 5. The average Bonchev–Trinajstić information content (AvgIpc) is 2.73. The van der Waals surface area contributed by atoms with Gasteiger partial charge in [0.05, 0.1) is 0 Å². The standard InChI is InChI=1S/C21H25ClN4O3/c22-18-4-1-16(2-5-18)17-3-6-20(25-13-17)26-11-8-15(9-12-26)7-10-24-21(28)29-14-19(23)27/h1-6,13,15H,7-12,14H2,(H2,23,27)(H,24,28). The van der Waals surface area contributed by atoms with Crippen molar-refractivity contribution in [3.63, 3.8) is 0 Å². The van der Waals surface area contributed by atoms with Gasteiger partial charge in [0.15, 0.2) is 6.61 Å². The fraction of sp³-hybridized carbons (Fsp3) is 0.381. The second-order valence-corrected chi connectivity index (χ2v) is 7.54. The predicted molar refractivity (Wildman–Crippen MR) is 113 cm³/mol. The fourth-order valence-corrected chi connectivity index (χ4v) is 3.53. The molecular formula is C21H25ClN4O3. The molecule has 0 radical (unpaired) electrons. The van der Waals surface area contributed by atoms with Crippen LogP contribution in [0.15, 0.2) is 42.6 Å². The zero-order valence-electron chi connectivity index (χ0n) is 16.1. The lowest BCUT2D eigenvalue weighted by Crippen LogP contribution is -2.36. The van der Waals surface area contributed by atoms with Crippen LogP contribution in [0.1, 0.15) is 19.3 Å². The molecule has 0 bridgehead atoms. The number of aromatic nitrogens is 1. The molecule has 2 aromatic rings. The molecule has 3 rings (SSSR count). The number of anilines is 1. The van der Waals surface area contributed by atoms with E-state index in [0.29, 0.717) is 12.5 Å². The van der Waals surface area contributed by atoms with Gasteiger partial charge in [0.1, 0.15) is 5.82 Å². The number of nitrogens with zero attached hydrogens (tertiary/aromatic N) is 2. The van der Waals surface area contributed by atoms with Gasteiger partial charge in [0, 0.05) is 36.4 Å².